The van der Waals surface area contributed by atoms with Crippen molar-refractivity contribution in [1.82, 2.24) is 40.3 Å². The molecule has 2 aliphatic carbocycles. The normalized spacial score (nSPS) is 20.5. The Kier molecular flexibility index (Phi) is 10.5. The number of nitrogens with one attached hydrogen (secondary N) is 4. The van der Waals surface area contributed by atoms with Gasteiger partial charge in [0.15, 0.2) is 11.3 Å². The minimum absolute atomic E-state index is 0.0176. The molecule has 4 atom stereocenters. The van der Waals surface area contributed by atoms with Gasteiger partial charge in [0.25, 0.3) is 11.8 Å². The van der Waals surface area contributed by atoms with Gasteiger partial charge in [-0.1, -0.05) is 60.7 Å². The van der Waals surface area contributed by atoms with Gasteiger partial charge in [-0.15, -0.1) is 0 Å². The third kappa shape index (κ3) is 8.45. The van der Waals surface area contributed by atoms with E-state index in [9.17, 15) is 17.6 Å². The van der Waals surface area contributed by atoms with E-state index in [4.69, 9.17) is 9.47 Å². The van der Waals surface area contributed by atoms with Gasteiger partial charge in [0.2, 0.25) is 0 Å². The van der Waals surface area contributed by atoms with Gasteiger partial charge in [-0.25, -0.2) is 19.9 Å². The molecule has 16 heteroatoms. The second-order valence-electron chi connectivity index (χ2n) is 13.0. The molecule has 8 rings (SSSR count). The first-order valence-corrected chi connectivity index (χ1v) is 17.1. The second-order valence-corrected chi connectivity index (χ2v) is 13.0. The number of H-pyrrole nitrogens is 2. The number of fused-ring (bicyclic) bond motifs is 2. The minimum Gasteiger partial charge on any atom is -0.371 e. The van der Waals surface area contributed by atoms with Crippen LogP contribution in [0.3, 0.4) is 0 Å². The van der Waals surface area contributed by atoms with E-state index in [-0.39, 0.29) is 35.4 Å². The van der Waals surface area contributed by atoms with Crippen LogP contribution in [0.4, 0.5) is 29.2 Å². The van der Waals surface area contributed by atoms with E-state index < -0.39 is 25.1 Å². The van der Waals surface area contributed by atoms with Crippen LogP contribution in [0.5, 0.6) is 0 Å². The average Bonchev–Trinajstić information content (AvgIpc) is 4.00. The zero-order chi connectivity index (χ0) is 36.0. The molecule has 272 valence electrons. The van der Waals surface area contributed by atoms with Crippen LogP contribution >= 0.6 is 0 Å². The van der Waals surface area contributed by atoms with Crippen molar-refractivity contribution in [2.45, 2.75) is 74.7 Å². The van der Waals surface area contributed by atoms with Crippen molar-refractivity contribution in [3.63, 3.8) is 0 Å². The third-order valence-electron chi connectivity index (χ3n) is 9.34. The third-order valence-corrected chi connectivity index (χ3v) is 9.34. The van der Waals surface area contributed by atoms with Crippen LogP contribution in [0.25, 0.3) is 22.1 Å². The Morgan fingerprint density at radius 1 is 0.596 bits per heavy atom. The molecule has 4 heterocycles. The predicted molar refractivity (Wildman–Crippen MR) is 186 cm³/mol. The summed E-state index contributed by atoms with van der Waals surface area (Å²) in [7, 11) is 0. The number of benzene rings is 2. The Morgan fingerprint density at radius 3 is 1.44 bits per heavy atom. The monoisotopic (exact) mass is 718 g/mol. The lowest BCUT2D eigenvalue weighted by Crippen LogP contribution is -2.25. The summed E-state index contributed by atoms with van der Waals surface area (Å²) in [6.45, 7) is -1.21. The molecule has 2 aliphatic rings. The fourth-order valence-corrected chi connectivity index (χ4v) is 6.57. The van der Waals surface area contributed by atoms with Crippen LogP contribution in [-0.4, -0.2) is 77.8 Å². The first-order chi connectivity index (χ1) is 25.2. The summed E-state index contributed by atoms with van der Waals surface area (Å²) in [5.74, 6) is -4.57. The number of hydrogen-bond acceptors (Lipinski definition) is 10. The molecule has 0 aliphatic heterocycles. The number of nitrogens with zero attached hydrogens (tertiary/aromatic N) is 6. The summed E-state index contributed by atoms with van der Waals surface area (Å²) in [4.78, 5) is 16.7. The summed E-state index contributed by atoms with van der Waals surface area (Å²) in [5.41, 5.74) is 1.29. The van der Waals surface area contributed by atoms with Crippen LogP contribution in [0.1, 0.15) is 49.7 Å². The molecule has 0 amide bonds. The molecule has 52 heavy (non-hydrogen) atoms. The Morgan fingerprint density at radius 2 is 1.02 bits per heavy atom. The van der Waals surface area contributed by atoms with Crippen molar-refractivity contribution >= 4 is 33.7 Å². The molecule has 4 N–H and O–H groups in total. The highest BCUT2D eigenvalue weighted by atomic mass is 19.3. The zero-order valence-corrected chi connectivity index (χ0v) is 28.1. The number of ether oxygens (including phenoxy) is 2. The topological polar surface area (TPSA) is 151 Å². The standard InChI is InChI=1S/2C18H19F2N5O/c2*19-18(20,12-4-2-1-3-5-12)10-26-14-7-6-13(8-14)24-16-15-9-23-25-17(15)22-11-21-16/h2*1-5,9,11,13-14H,6-8,10H2,(H2,21,22,23,24,25)/t2*13-,14?/m10/s1. The Bertz CT molecular complexity index is 1890. The summed E-state index contributed by atoms with van der Waals surface area (Å²) in [6, 6.07) is 15.8. The fourth-order valence-electron chi connectivity index (χ4n) is 6.57. The largest absolute Gasteiger partial charge is 0.371 e. The molecule has 0 bridgehead atoms. The lowest BCUT2D eigenvalue weighted by atomic mass is 10.1. The number of anilines is 2. The van der Waals surface area contributed by atoms with Gasteiger partial charge in [-0.05, 0) is 38.5 Å². The van der Waals surface area contributed by atoms with E-state index in [0.717, 1.165) is 36.5 Å². The minimum atomic E-state index is -2.98. The van der Waals surface area contributed by atoms with Crippen LogP contribution in [0.15, 0.2) is 85.7 Å². The molecule has 2 saturated carbocycles. The molecule has 2 unspecified atom stereocenters. The maximum atomic E-state index is 14.2. The summed E-state index contributed by atoms with van der Waals surface area (Å²) in [5, 5.41) is 21.8. The Labute approximate surface area is 296 Å². The molecule has 0 radical (unpaired) electrons. The van der Waals surface area contributed by atoms with E-state index in [1.807, 2.05) is 0 Å². The van der Waals surface area contributed by atoms with Crippen LogP contribution < -0.4 is 10.6 Å². The van der Waals surface area contributed by atoms with E-state index in [2.05, 4.69) is 51.0 Å². The maximum Gasteiger partial charge on any atom is 0.296 e. The van der Waals surface area contributed by atoms with Gasteiger partial charge >= 0.3 is 0 Å². The highest BCUT2D eigenvalue weighted by Gasteiger charge is 2.36. The molecule has 0 spiro atoms. The van der Waals surface area contributed by atoms with Crippen molar-refractivity contribution < 1.29 is 27.0 Å². The fraction of sp³-hybridized carbons (Fsp3) is 0.389. The van der Waals surface area contributed by atoms with E-state index in [1.54, 1.807) is 48.8 Å². The number of aromatic amines is 2. The van der Waals surface area contributed by atoms with Crippen molar-refractivity contribution in [2.75, 3.05) is 23.8 Å². The summed E-state index contributed by atoms with van der Waals surface area (Å²) >= 11 is 0. The molecule has 2 fully saturated rings. The lowest BCUT2D eigenvalue weighted by molar-refractivity contribution is -0.103. The Hall–Kier alpha value is -5.22. The van der Waals surface area contributed by atoms with E-state index >= 15 is 0 Å². The maximum absolute atomic E-state index is 14.2. The Balaban J connectivity index is 0.000000162. The van der Waals surface area contributed by atoms with Gasteiger partial charge in [0.05, 0.1) is 35.4 Å². The summed E-state index contributed by atoms with van der Waals surface area (Å²) < 4.78 is 67.9. The zero-order valence-electron chi connectivity index (χ0n) is 28.1. The highest BCUT2D eigenvalue weighted by molar-refractivity contribution is 5.86. The predicted octanol–water partition coefficient (Wildman–Crippen LogP) is 6.99. The van der Waals surface area contributed by atoms with E-state index in [1.165, 1.54) is 36.9 Å². The van der Waals surface area contributed by atoms with Crippen LogP contribution in [0, 0.1) is 0 Å². The smallest absolute Gasteiger partial charge is 0.296 e. The van der Waals surface area contributed by atoms with Gasteiger partial charge in [0, 0.05) is 23.2 Å². The second kappa shape index (κ2) is 15.6. The number of aromatic nitrogens is 8. The number of hydrogen-bond donors (Lipinski definition) is 4. The molecule has 0 saturated heterocycles. The lowest BCUT2D eigenvalue weighted by Gasteiger charge is -2.20. The summed E-state index contributed by atoms with van der Waals surface area (Å²) in [6.07, 6.45) is 10.4. The first-order valence-electron chi connectivity index (χ1n) is 17.1. The number of halogens is 4. The quantitative estimate of drug-likeness (QED) is 0.0975. The van der Waals surface area contributed by atoms with Crippen molar-refractivity contribution in [3.05, 3.63) is 96.8 Å². The molecule has 2 aromatic carbocycles. The molecule has 4 aromatic heterocycles. The van der Waals surface area contributed by atoms with E-state index in [0.29, 0.717) is 35.8 Å². The molecule has 12 nitrogen and oxygen atoms in total. The average molecular weight is 719 g/mol. The van der Waals surface area contributed by atoms with Gasteiger partial charge in [-0.2, -0.15) is 27.8 Å². The van der Waals surface area contributed by atoms with Crippen molar-refractivity contribution in [1.29, 1.82) is 0 Å². The van der Waals surface area contributed by atoms with Crippen molar-refractivity contribution in [2.24, 2.45) is 0 Å². The molecular weight excluding hydrogens is 680 g/mol. The van der Waals surface area contributed by atoms with Gasteiger partial charge in [0.1, 0.15) is 37.5 Å². The van der Waals surface area contributed by atoms with Gasteiger partial charge in [-0.3, -0.25) is 10.2 Å². The molecule has 6 aromatic rings. The van der Waals surface area contributed by atoms with Crippen LogP contribution in [-0.2, 0) is 21.3 Å². The number of rotatable bonds is 12. The van der Waals surface area contributed by atoms with Gasteiger partial charge < -0.3 is 20.1 Å². The number of alkyl halides is 4. The molecular formula is C36H38F4N10O2. The van der Waals surface area contributed by atoms with Crippen molar-refractivity contribution in [3.8, 4) is 0 Å². The SMILES string of the molecule is FC(F)(COC1CC[C@@H](Nc2ncnc3[nH]ncc23)C1)c1ccccc1.FC(F)(COC1CC[C@H](Nc2ncnc3[nH]ncc23)C1)c1ccccc1. The van der Waals surface area contributed by atoms with Crippen LogP contribution in [0.2, 0.25) is 0 Å². The highest BCUT2D eigenvalue weighted by Crippen LogP contribution is 2.33. The first kappa shape index (κ1) is 35.2.